The van der Waals surface area contributed by atoms with Crippen molar-refractivity contribution in [3.63, 3.8) is 0 Å². The van der Waals surface area contributed by atoms with Crippen LogP contribution in [0.2, 0.25) is 10.0 Å². The summed E-state index contributed by atoms with van der Waals surface area (Å²) in [7, 11) is 1.98. The monoisotopic (exact) mass is 321 g/mol. The minimum Gasteiger partial charge on any atom is -0.319 e. The molecule has 21 heavy (non-hydrogen) atoms. The van der Waals surface area contributed by atoms with Gasteiger partial charge in [0.15, 0.2) is 0 Å². The first-order valence-electron chi connectivity index (χ1n) is 7.23. The van der Waals surface area contributed by atoms with Gasteiger partial charge < -0.3 is 5.32 Å². The van der Waals surface area contributed by atoms with Gasteiger partial charge in [-0.2, -0.15) is 0 Å². The Hall–Kier alpha value is -1.02. The van der Waals surface area contributed by atoms with E-state index >= 15 is 0 Å². The molecule has 0 spiro atoms. The molecule has 0 bridgehead atoms. The van der Waals surface area contributed by atoms with Crippen LogP contribution in [0.4, 0.5) is 0 Å². The first kappa shape index (κ1) is 16.4. The van der Waals surface area contributed by atoms with Crippen molar-refractivity contribution in [2.45, 2.75) is 19.8 Å². The molecule has 0 heterocycles. The van der Waals surface area contributed by atoms with Crippen molar-refractivity contribution in [1.82, 2.24) is 5.32 Å². The highest BCUT2D eigenvalue weighted by atomic mass is 35.5. The maximum Gasteiger partial charge on any atom is 0.0452 e. The van der Waals surface area contributed by atoms with E-state index in [1.807, 2.05) is 25.2 Å². The van der Waals surface area contributed by atoms with E-state index < -0.39 is 0 Å². The van der Waals surface area contributed by atoms with Gasteiger partial charge in [-0.3, -0.25) is 0 Å². The van der Waals surface area contributed by atoms with Crippen molar-refractivity contribution in [2.24, 2.45) is 5.92 Å². The fourth-order valence-electron chi connectivity index (χ4n) is 2.69. The SMILES string of the molecule is CNCC(Cc1cccc(C)c1)Cc1c(Cl)cccc1Cl. The zero-order chi connectivity index (χ0) is 15.2. The summed E-state index contributed by atoms with van der Waals surface area (Å²) in [5.41, 5.74) is 3.71. The summed E-state index contributed by atoms with van der Waals surface area (Å²) in [6.07, 6.45) is 1.90. The molecule has 0 fully saturated rings. The Morgan fingerprint density at radius 2 is 1.67 bits per heavy atom. The molecular weight excluding hydrogens is 301 g/mol. The second-order valence-corrected chi connectivity index (χ2v) is 6.34. The lowest BCUT2D eigenvalue weighted by Crippen LogP contribution is -2.23. The first-order chi connectivity index (χ1) is 10.1. The summed E-state index contributed by atoms with van der Waals surface area (Å²) in [4.78, 5) is 0. The summed E-state index contributed by atoms with van der Waals surface area (Å²) in [6.45, 7) is 3.07. The number of hydrogen-bond donors (Lipinski definition) is 1. The van der Waals surface area contributed by atoms with Crippen LogP contribution in [0.15, 0.2) is 42.5 Å². The Labute approximate surface area is 137 Å². The molecule has 0 aromatic heterocycles. The van der Waals surface area contributed by atoms with Crippen LogP contribution in [-0.4, -0.2) is 13.6 Å². The Morgan fingerprint density at radius 1 is 1.00 bits per heavy atom. The van der Waals surface area contributed by atoms with Gasteiger partial charge in [-0.1, -0.05) is 59.1 Å². The van der Waals surface area contributed by atoms with Gasteiger partial charge >= 0.3 is 0 Å². The quantitative estimate of drug-likeness (QED) is 0.796. The van der Waals surface area contributed by atoms with Crippen LogP contribution in [0, 0.1) is 12.8 Å². The van der Waals surface area contributed by atoms with Gasteiger partial charge in [0.25, 0.3) is 0 Å². The van der Waals surface area contributed by atoms with E-state index in [9.17, 15) is 0 Å². The van der Waals surface area contributed by atoms with Crippen LogP contribution in [0.25, 0.3) is 0 Å². The molecule has 0 aliphatic carbocycles. The van der Waals surface area contributed by atoms with Gasteiger partial charge in [-0.15, -0.1) is 0 Å². The molecule has 0 amide bonds. The standard InChI is InChI=1S/C18H21Cl2N/c1-13-5-3-6-14(9-13)10-15(12-21-2)11-16-17(19)7-4-8-18(16)20/h3-9,15,21H,10-12H2,1-2H3. The molecule has 1 unspecified atom stereocenters. The van der Waals surface area contributed by atoms with Crippen LogP contribution in [0.3, 0.4) is 0 Å². The molecule has 0 saturated heterocycles. The third-order valence-corrected chi connectivity index (χ3v) is 4.36. The molecule has 2 aromatic carbocycles. The smallest absolute Gasteiger partial charge is 0.0452 e. The van der Waals surface area contributed by atoms with Crippen LogP contribution >= 0.6 is 23.2 Å². The van der Waals surface area contributed by atoms with E-state index in [-0.39, 0.29) is 0 Å². The van der Waals surface area contributed by atoms with E-state index in [0.29, 0.717) is 5.92 Å². The van der Waals surface area contributed by atoms with Crippen molar-refractivity contribution >= 4 is 23.2 Å². The van der Waals surface area contributed by atoms with Gasteiger partial charge in [-0.05, 0) is 62.5 Å². The van der Waals surface area contributed by atoms with Gasteiger partial charge in [-0.25, -0.2) is 0 Å². The second kappa shape index (κ2) is 7.84. The minimum atomic E-state index is 0.467. The molecule has 2 aromatic rings. The first-order valence-corrected chi connectivity index (χ1v) is 7.98. The molecule has 0 saturated carbocycles. The fourth-order valence-corrected chi connectivity index (χ4v) is 3.25. The Bertz CT molecular complexity index is 575. The van der Waals surface area contributed by atoms with Crippen molar-refractivity contribution in [3.8, 4) is 0 Å². The molecule has 1 atom stereocenters. The number of hydrogen-bond acceptors (Lipinski definition) is 1. The zero-order valence-corrected chi connectivity index (χ0v) is 14.0. The Morgan fingerprint density at radius 3 is 2.29 bits per heavy atom. The highest BCUT2D eigenvalue weighted by molar-refractivity contribution is 6.35. The molecule has 0 aliphatic heterocycles. The number of aryl methyl sites for hydroxylation is 1. The molecule has 0 aliphatic rings. The highest BCUT2D eigenvalue weighted by Crippen LogP contribution is 2.28. The predicted molar refractivity (Wildman–Crippen MR) is 92.5 cm³/mol. The molecule has 112 valence electrons. The van der Waals surface area contributed by atoms with Gasteiger partial charge in [0, 0.05) is 10.0 Å². The van der Waals surface area contributed by atoms with Crippen molar-refractivity contribution in [1.29, 1.82) is 0 Å². The topological polar surface area (TPSA) is 12.0 Å². The minimum absolute atomic E-state index is 0.467. The third-order valence-electron chi connectivity index (χ3n) is 3.65. The van der Waals surface area contributed by atoms with Crippen molar-refractivity contribution in [3.05, 3.63) is 69.2 Å². The van der Waals surface area contributed by atoms with E-state index in [2.05, 4.69) is 36.5 Å². The fraction of sp³-hybridized carbons (Fsp3) is 0.333. The maximum atomic E-state index is 6.30. The zero-order valence-electron chi connectivity index (χ0n) is 12.5. The van der Waals surface area contributed by atoms with E-state index in [1.54, 1.807) is 0 Å². The number of halogens is 2. The van der Waals surface area contributed by atoms with Crippen LogP contribution in [-0.2, 0) is 12.8 Å². The summed E-state index contributed by atoms with van der Waals surface area (Å²) in [5, 5.41) is 4.79. The largest absolute Gasteiger partial charge is 0.319 e. The van der Waals surface area contributed by atoms with E-state index in [1.165, 1.54) is 11.1 Å². The second-order valence-electron chi connectivity index (χ2n) is 5.52. The normalized spacial score (nSPS) is 12.4. The van der Waals surface area contributed by atoms with Gasteiger partial charge in [0.2, 0.25) is 0 Å². The maximum absolute atomic E-state index is 6.30. The Balaban J connectivity index is 2.16. The van der Waals surface area contributed by atoms with Crippen LogP contribution in [0.1, 0.15) is 16.7 Å². The molecule has 1 N–H and O–H groups in total. The molecule has 1 nitrogen and oxygen atoms in total. The van der Waals surface area contributed by atoms with E-state index in [0.717, 1.165) is 35.0 Å². The van der Waals surface area contributed by atoms with E-state index in [4.69, 9.17) is 23.2 Å². The lowest BCUT2D eigenvalue weighted by atomic mass is 9.92. The Kier molecular flexibility index (Phi) is 6.10. The molecule has 2 rings (SSSR count). The highest BCUT2D eigenvalue weighted by Gasteiger charge is 2.14. The van der Waals surface area contributed by atoms with Gasteiger partial charge in [0.05, 0.1) is 0 Å². The molecule has 0 radical (unpaired) electrons. The van der Waals surface area contributed by atoms with Crippen molar-refractivity contribution in [2.75, 3.05) is 13.6 Å². The summed E-state index contributed by atoms with van der Waals surface area (Å²) >= 11 is 12.6. The van der Waals surface area contributed by atoms with Crippen LogP contribution < -0.4 is 5.32 Å². The average Bonchev–Trinajstić information content (AvgIpc) is 2.43. The lowest BCUT2D eigenvalue weighted by Gasteiger charge is -2.18. The van der Waals surface area contributed by atoms with Gasteiger partial charge in [0.1, 0.15) is 0 Å². The number of rotatable bonds is 6. The number of benzene rings is 2. The third kappa shape index (κ3) is 4.74. The summed E-state index contributed by atoms with van der Waals surface area (Å²) in [6, 6.07) is 14.4. The summed E-state index contributed by atoms with van der Waals surface area (Å²) in [5.74, 6) is 0.467. The average molecular weight is 322 g/mol. The molecular formula is C18H21Cl2N. The lowest BCUT2D eigenvalue weighted by molar-refractivity contribution is 0.493. The molecule has 3 heteroatoms. The van der Waals surface area contributed by atoms with Crippen molar-refractivity contribution < 1.29 is 0 Å². The summed E-state index contributed by atoms with van der Waals surface area (Å²) < 4.78 is 0. The van der Waals surface area contributed by atoms with Crippen LogP contribution in [0.5, 0.6) is 0 Å². The predicted octanol–water partition coefficient (Wildman–Crippen LogP) is 4.92. The number of nitrogens with one attached hydrogen (secondary N) is 1.